The monoisotopic (exact) mass is 474 g/mol. The molecule has 1 heterocycles. The summed E-state index contributed by atoms with van der Waals surface area (Å²) in [6.45, 7) is 6.08. The Labute approximate surface area is 193 Å². The van der Waals surface area contributed by atoms with Crippen molar-refractivity contribution >= 4 is 27.5 Å². The Balaban J connectivity index is 1.62. The van der Waals surface area contributed by atoms with Crippen molar-refractivity contribution in [1.29, 1.82) is 0 Å². The first-order chi connectivity index (χ1) is 15.1. The first-order valence-electron chi connectivity index (χ1n) is 10.3. The molecule has 0 radical (unpaired) electrons. The molecule has 3 rings (SSSR count). The smallest absolute Gasteiger partial charge is 0.256 e. The van der Waals surface area contributed by atoms with Gasteiger partial charge in [-0.1, -0.05) is 66.2 Å². The molecule has 32 heavy (non-hydrogen) atoms. The van der Waals surface area contributed by atoms with Crippen molar-refractivity contribution < 1.29 is 13.2 Å². The number of aryl methyl sites for hydroxylation is 1. The third-order valence-electron chi connectivity index (χ3n) is 4.72. The van der Waals surface area contributed by atoms with E-state index in [1.54, 1.807) is 49.7 Å². The van der Waals surface area contributed by atoms with Crippen molar-refractivity contribution in [2.24, 2.45) is 0 Å². The number of benzene rings is 2. The zero-order valence-electron chi connectivity index (χ0n) is 18.3. The van der Waals surface area contributed by atoms with Crippen LogP contribution in [0.25, 0.3) is 0 Å². The van der Waals surface area contributed by atoms with Gasteiger partial charge in [0.15, 0.2) is 0 Å². The predicted molar refractivity (Wildman–Crippen MR) is 126 cm³/mol. The molecule has 2 aromatic carbocycles. The summed E-state index contributed by atoms with van der Waals surface area (Å²) in [5.41, 5.74) is 3.47. The summed E-state index contributed by atoms with van der Waals surface area (Å²) in [6.07, 6.45) is 0. The molecule has 1 aromatic heterocycles. The summed E-state index contributed by atoms with van der Waals surface area (Å²) in [7, 11) is -3.38. The first-order valence-corrected chi connectivity index (χ1v) is 12.3. The molecular formula is C23H27ClN4O3S. The molecule has 0 aliphatic heterocycles. The maximum atomic E-state index is 12.7. The Kier molecular flexibility index (Phi) is 7.71. The fourth-order valence-electron chi connectivity index (χ4n) is 3.32. The number of carbonyl (C=O) groups is 1. The van der Waals surface area contributed by atoms with Gasteiger partial charge in [0, 0.05) is 12.6 Å². The summed E-state index contributed by atoms with van der Waals surface area (Å²) in [5.74, 6) is -0.396. The number of rotatable bonds is 9. The van der Waals surface area contributed by atoms with Gasteiger partial charge >= 0.3 is 0 Å². The van der Waals surface area contributed by atoms with Gasteiger partial charge < -0.3 is 5.32 Å². The third-order valence-corrected chi connectivity index (χ3v) is 6.64. The minimum absolute atomic E-state index is 0.0901. The fourth-order valence-corrected chi connectivity index (χ4v) is 5.07. The van der Waals surface area contributed by atoms with Crippen LogP contribution in [-0.4, -0.2) is 30.1 Å². The minimum Gasteiger partial charge on any atom is -0.348 e. The Bertz CT molecular complexity index is 1170. The summed E-state index contributed by atoms with van der Waals surface area (Å²) >= 11 is 6.45. The molecular weight excluding hydrogens is 448 g/mol. The highest BCUT2D eigenvalue weighted by Gasteiger charge is 2.20. The van der Waals surface area contributed by atoms with Crippen LogP contribution in [0.1, 0.15) is 46.6 Å². The number of aromatic nitrogens is 2. The molecule has 3 aromatic rings. The van der Waals surface area contributed by atoms with E-state index >= 15 is 0 Å². The molecule has 0 atom stereocenters. The van der Waals surface area contributed by atoms with Crippen molar-refractivity contribution in [3.05, 3.63) is 87.7 Å². The molecule has 2 N–H and O–H groups in total. The van der Waals surface area contributed by atoms with Gasteiger partial charge in [-0.15, -0.1) is 0 Å². The Morgan fingerprint density at radius 2 is 1.66 bits per heavy atom. The van der Waals surface area contributed by atoms with Crippen LogP contribution in [0.5, 0.6) is 0 Å². The van der Waals surface area contributed by atoms with Crippen LogP contribution in [-0.2, 0) is 28.9 Å². The molecule has 170 valence electrons. The number of amides is 1. The number of hydrogen-bond acceptors (Lipinski definition) is 4. The number of hydrogen-bond donors (Lipinski definition) is 2. The Morgan fingerprint density at radius 3 is 2.28 bits per heavy atom. The largest absolute Gasteiger partial charge is 0.348 e. The van der Waals surface area contributed by atoms with E-state index in [2.05, 4.69) is 15.1 Å². The lowest BCUT2D eigenvalue weighted by Crippen LogP contribution is -2.31. The predicted octanol–water partition coefficient (Wildman–Crippen LogP) is 3.65. The number of sulfonamides is 1. The average Bonchev–Trinajstić information content (AvgIpc) is 2.99. The minimum atomic E-state index is -3.38. The average molecular weight is 475 g/mol. The second-order valence-corrected chi connectivity index (χ2v) is 10.0. The van der Waals surface area contributed by atoms with E-state index in [0.717, 1.165) is 11.1 Å². The van der Waals surface area contributed by atoms with Crippen molar-refractivity contribution in [3.8, 4) is 0 Å². The van der Waals surface area contributed by atoms with Gasteiger partial charge in [-0.2, -0.15) is 5.10 Å². The van der Waals surface area contributed by atoms with Crippen LogP contribution in [0.3, 0.4) is 0 Å². The van der Waals surface area contributed by atoms with Gasteiger partial charge in [-0.3, -0.25) is 4.79 Å². The van der Waals surface area contributed by atoms with Gasteiger partial charge in [0.05, 0.1) is 23.6 Å². The molecule has 0 saturated heterocycles. The number of nitrogens with zero attached hydrogens (tertiary/aromatic N) is 2. The summed E-state index contributed by atoms with van der Waals surface area (Å²) in [6, 6.07) is 16.7. The standard InChI is InChI=1S/C23H27ClN4O3S/c1-16(2)27-32(30,31)15-20-11-9-18(10-12-20)13-25-23(29)21-17(3)26-28(22(21)24)14-19-7-5-4-6-8-19/h4-12,16,27H,13-15H2,1-3H3,(H,25,29). The van der Waals surface area contributed by atoms with E-state index < -0.39 is 10.0 Å². The van der Waals surface area contributed by atoms with E-state index in [0.29, 0.717) is 28.5 Å². The van der Waals surface area contributed by atoms with E-state index in [9.17, 15) is 13.2 Å². The highest BCUT2D eigenvalue weighted by Crippen LogP contribution is 2.21. The maximum absolute atomic E-state index is 12.7. The van der Waals surface area contributed by atoms with E-state index in [1.807, 2.05) is 30.3 Å². The molecule has 0 spiro atoms. The topological polar surface area (TPSA) is 93.1 Å². The van der Waals surface area contributed by atoms with Crippen molar-refractivity contribution in [3.63, 3.8) is 0 Å². The van der Waals surface area contributed by atoms with Crippen LogP contribution in [0.15, 0.2) is 54.6 Å². The fraction of sp³-hybridized carbons (Fsp3) is 0.304. The Hall–Kier alpha value is -2.68. The molecule has 7 nitrogen and oxygen atoms in total. The van der Waals surface area contributed by atoms with E-state index in [-0.39, 0.29) is 24.2 Å². The van der Waals surface area contributed by atoms with Crippen LogP contribution in [0.4, 0.5) is 0 Å². The van der Waals surface area contributed by atoms with Gasteiger partial charge in [0.25, 0.3) is 5.91 Å². The van der Waals surface area contributed by atoms with Gasteiger partial charge in [0.2, 0.25) is 10.0 Å². The van der Waals surface area contributed by atoms with Gasteiger partial charge in [-0.05, 0) is 37.5 Å². The van der Waals surface area contributed by atoms with E-state index in [1.165, 1.54) is 0 Å². The lowest BCUT2D eigenvalue weighted by molar-refractivity contribution is 0.0950. The lowest BCUT2D eigenvalue weighted by Gasteiger charge is -2.10. The third kappa shape index (κ3) is 6.41. The van der Waals surface area contributed by atoms with Crippen molar-refractivity contribution in [2.75, 3.05) is 0 Å². The molecule has 1 amide bonds. The van der Waals surface area contributed by atoms with Crippen LogP contribution in [0, 0.1) is 6.92 Å². The zero-order valence-corrected chi connectivity index (χ0v) is 19.9. The number of halogens is 1. The highest BCUT2D eigenvalue weighted by atomic mass is 35.5. The van der Waals surface area contributed by atoms with Crippen molar-refractivity contribution in [2.45, 2.75) is 45.7 Å². The normalized spacial score (nSPS) is 11.7. The van der Waals surface area contributed by atoms with Crippen LogP contribution in [0.2, 0.25) is 5.15 Å². The summed E-state index contributed by atoms with van der Waals surface area (Å²) in [4.78, 5) is 12.7. The molecule has 0 aliphatic rings. The van der Waals surface area contributed by atoms with Crippen LogP contribution >= 0.6 is 11.6 Å². The molecule has 0 unspecified atom stereocenters. The molecule has 0 fully saturated rings. The number of nitrogens with one attached hydrogen (secondary N) is 2. The van der Waals surface area contributed by atoms with Gasteiger partial charge in [0.1, 0.15) is 5.15 Å². The molecule has 0 aliphatic carbocycles. The van der Waals surface area contributed by atoms with E-state index in [4.69, 9.17) is 11.6 Å². The second kappa shape index (κ2) is 10.3. The zero-order chi connectivity index (χ0) is 23.3. The van der Waals surface area contributed by atoms with Crippen LogP contribution < -0.4 is 10.0 Å². The molecule has 9 heteroatoms. The summed E-state index contributed by atoms with van der Waals surface area (Å²) in [5, 5.41) is 7.56. The van der Waals surface area contributed by atoms with Crippen molar-refractivity contribution in [1.82, 2.24) is 19.8 Å². The van der Waals surface area contributed by atoms with Gasteiger partial charge in [-0.25, -0.2) is 17.8 Å². The Morgan fingerprint density at radius 1 is 1.03 bits per heavy atom. The highest BCUT2D eigenvalue weighted by molar-refractivity contribution is 7.88. The molecule has 0 saturated carbocycles. The first kappa shape index (κ1) is 24.0. The quantitative estimate of drug-likeness (QED) is 0.495. The SMILES string of the molecule is Cc1nn(Cc2ccccc2)c(Cl)c1C(=O)NCc1ccc(CS(=O)(=O)NC(C)C)cc1. The lowest BCUT2D eigenvalue weighted by atomic mass is 10.1. The second-order valence-electron chi connectivity index (χ2n) is 7.93. The number of carbonyl (C=O) groups excluding carboxylic acids is 1. The summed E-state index contributed by atoms with van der Waals surface area (Å²) < 4.78 is 28.3. The molecule has 0 bridgehead atoms. The maximum Gasteiger partial charge on any atom is 0.256 e.